The van der Waals surface area contributed by atoms with Gasteiger partial charge >= 0.3 is 0 Å². The third-order valence-corrected chi connectivity index (χ3v) is 11.1. The second-order valence-corrected chi connectivity index (χ2v) is 14.7. The molecule has 2 heteroatoms. The summed E-state index contributed by atoms with van der Waals surface area (Å²) in [6.45, 7) is 11.1. The lowest BCUT2D eigenvalue weighted by Gasteiger charge is -2.29. The lowest BCUT2D eigenvalue weighted by molar-refractivity contribution is 0.653. The molecule has 1 aromatic heterocycles. The van der Waals surface area contributed by atoms with Crippen LogP contribution in [0.4, 0.5) is 11.4 Å². The van der Waals surface area contributed by atoms with Crippen LogP contribution in [-0.4, -0.2) is 4.57 Å². The quantitative estimate of drug-likeness (QED) is 0.154. The van der Waals surface area contributed by atoms with E-state index in [1.165, 1.54) is 66.3 Å². The molecule has 0 saturated heterocycles. The van der Waals surface area contributed by atoms with Crippen LogP contribution in [0.15, 0.2) is 206 Å². The Kier molecular flexibility index (Phi) is 8.24. The maximum Gasteiger partial charge on any atom is 0.0547 e. The minimum atomic E-state index is -0.161. The molecule has 0 radical (unpaired) electrons. The molecule has 54 heavy (non-hydrogen) atoms. The summed E-state index contributed by atoms with van der Waals surface area (Å²) < 4.78 is 2.38. The third-order valence-electron chi connectivity index (χ3n) is 11.1. The molecule has 8 aromatic rings. The molecule has 1 heterocycles. The van der Waals surface area contributed by atoms with E-state index >= 15 is 0 Å². The predicted molar refractivity (Wildman–Crippen MR) is 231 cm³/mol. The van der Waals surface area contributed by atoms with E-state index in [4.69, 9.17) is 0 Å². The summed E-state index contributed by atoms with van der Waals surface area (Å²) in [6.07, 6.45) is 4.39. The molecule has 7 aromatic carbocycles. The topological polar surface area (TPSA) is 8.17 Å². The Morgan fingerprint density at radius 3 is 1.81 bits per heavy atom. The van der Waals surface area contributed by atoms with Crippen LogP contribution in [0.5, 0.6) is 0 Å². The van der Waals surface area contributed by atoms with Gasteiger partial charge in [-0.3, -0.25) is 0 Å². The van der Waals surface area contributed by atoms with E-state index < -0.39 is 0 Å². The first-order valence-corrected chi connectivity index (χ1v) is 18.7. The molecule has 0 spiro atoms. The standard InChI is InChI=1S/C52H42N2/c1-5-43-45-21-12-14-24-47(45)52(3,4)48(43)35-36(2)53(41-31-27-38(28-32-41)37-17-8-6-9-18-37)42-33-29-39(30-34-42)44-23-16-26-50-51(44)46-22-13-15-25-49(46)54(50)40-19-10-7-11-20-40/h5-35H,1H2,2-4H3/b36-35+. The lowest BCUT2D eigenvalue weighted by atomic mass is 9.81. The van der Waals surface area contributed by atoms with Gasteiger partial charge in [-0.15, -0.1) is 0 Å². The van der Waals surface area contributed by atoms with E-state index in [1.54, 1.807) is 0 Å². The molecule has 0 unspecified atom stereocenters. The van der Waals surface area contributed by atoms with Crippen molar-refractivity contribution in [1.82, 2.24) is 4.57 Å². The molecule has 2 nitrogen and oxygen atoms in total. The molecule has 260 valence electrons. The van der Waals surface area contributed by atoms with Crippen molar-refractivity contribution in [3.05, 3.63) is 217 Å². The summed E-state index contributed by atoms with van der Waals surface area (Å²) in [4.78, 5) is 2.38. The molecule has 9 rings (SSSR count). The number of benzene rings is 7. The number of hydrogen-bond acceptors (Lipinski definition) is 1. The van der Waals surface area contributed by atoms with Gasteiger partial charge in [-0.2, -0.15) is 0 Å². The average molecular weight is 695 g/mol. The van der Waals surface area contributed by atoms with Gasteiger partial charge in [-0.05, 0) is 106 Å². The number of nitrogens with zero attached hydrogens (tertiary/aromatic N) is 2. The number of anilines is 2. The molecule has 1 aliphatic carbocycles. The summed E-state index contributed by atoms with van der Waals surface area (Å²) in [6, 6.07) is 63.4. The Balaban J connectivity index is 1.17. The molecule has 0 N–H and O–H groups in total. The Labute approximate surface area is 318 Å². The minimum Gasteiger partial charge on any atom is -0.315 e. The molecule has 0 amide bonds. The highest BCUT2D eigenvalue weighted by Gasteiger charge is 2.35. The third kappa shape index (κ3) is 5.50. The van der Waals surface area contributed by atoms with Gasteiger partial charge in [-0.25, -0.2) is 0 Å². The van der Waals surface area contributed by atoms with Gasteiger partial charge in [0.2, 0.25) is 0 Å². The number of rotatable bonds is 8. The molecular weight excluding hydrogens is 653 g/mol. The van der Waals surface area contributed by atoms with E-state index in [9.17, 15) is 0 Å². The highest BCUT2D eigenvalue weighted by molar-refractivity contribution is 6.15. The van der Waals surface area contributed by atoms with Gasteiger partial charge in [0.25, 0.3) is 0 Å². The number of allylic oxidation sites excluding steroid dienone is 5. The van der Waals surface area contributed by atoms with Gasteiger partial charge in [0.15, 0.2) is 0 Å². The maximum atomic E-state index is 4.26. The molecule has 0 bridgehead atoms. The van der Waals surface area contributed by atoms with Crippen LogP contribution in [-0.2, 0) is 5.41 Å². The van der Waals surface area contributed by atoms with E-state index in [1.807, 2.05) is 6.08 Å². The van der Waals surface area contributed by atoms with E-state index in [0.29, 0.717) is 0 Å². The van der Waals surface area contributed by atoms with Crippen molar-refractivity contribution in [2.75, 3.05) is 4.90 Å². The number of fused-ring (bicyclic) bond motifs is 4. The zero-order valence-electron chi connectivity index (χ0n) is 31.0. The van der Waals surface area contributed by atoms with E-state index in [2.05, 4.69) is 219 Å². The Morgan fingerprint density at radius 1 is 0.556 bits per heavy atom. The minimum absolute atomic E-state index is 0.161. The van der Waals surface area contributed by atoms with Crippen molar-refractivity contribution >= 4 is 38.8 Å². The number of aromatic nitrogens is 1. The van der Waals surface area contributed by atoms with Crippen LogP contribution >= 0.6 is 0 Å². The Hall–Kier alpha value is -6.64. The van der Waals surface area contributed by atoms with Crippen molar-refractivity contribution in [3.63, 3.8) is 0 Å². The maximum absolute atomic E-state index is 4.26. The van der Waals surface area contributed by atoms with Crippen LogP contribution in [0.1, 0.15) is 31.9 Å². The summed E-state index contributed by atoms with van der Waals surface area (Å²) in [5, 5.41) is 2.52. The Bertz CT molecular complexity index is 2730. The fraction of sp³-hybridized carbons (Fsp3) is 0.0769. The second kappa shape index (κ2) is 13.4. The molecule has 0 aliphatic heterocycles. The lowest BCUT2D eigenvalue weighted by Crippen LogP contribution is -2.19. The van der Waals surface area contributed by atoms with E-state index in [-0.39, 0.29) is 5.41 Å². The van der Waals surface area contributed by atoms with Crippen molar-refractivity contribution in [2.24, 2.45) is 0 Å². The summed E-state index contributed by atoms with van der Waals surface area (Å²) >= 11 is 0. The first-order chi connectivity index (χ1) is 26.4. The SMILES string of the molecule is C=CC1=C(/C=C(\C)N(c2ccc(-c3ccccc3)cc2)c2ccc(-c3cccc4c3c3ccccc3n4-c3ccccc3)cc2)C(C)(C)c2ccccc21. The van der Waals surface area contributed by atoms with Crippen molar-refractivity contribution < 1.29 is 0 Å². The highest BCUT2D eigenvalue weighted by atomic mass is 15.1. The molecule has 0 atom stereocenters. The fourth-order valence-electron chi connectivity index (χ4n) is 8.54. The highest BCUT2D eigenvalue weighted by Crippen LogP contribution is 2.48. The molecule has 0 fully saturated rings. The summed E-state index contributed by atoms with van der Waals surface area (Å²) in [5.41, 5.74) is 16.7. The van der Waals surface area contributed by atoms with Crippen molar-refractivity contribution in [3.8, 4) is 27.9 Å². The molecule has 0 saturated carbocycles. The predicted octanol–water partition coefficient (Wildman–Crippen LogP) is 14.1. The van der Waals surface area contributed by atoms with Crippen LogP contribution < -0.4 is 4.90 Å². The number of para-hydroxylation sites is 2. The normalized spacial score (nSPS) is 13.7. The van der Waals surface area contributed by atoms with Crippen LogP contribution in [0.25, 0.3) is 55.3 Å². The van der Waals surface area contributed by atoms with Gasteiger partial charge in [0.1, 0.15) is 0 Å². The van der Waals surface area contributed by atoms with Gasteiger partial charge in [0.05, 0.1) is 11.0 Å². The van der Waals surface area contributed by atoms with Gasteiger partial charge in [-0.1, -0.05) is 154 Å². The monoisotopic (exact) mass is 694 g/mol. The van der Waals surface area contributed by atoms with Crippen molar-refractivity contribution in [1.29, 1.82) is 0 Å². The largest absolute Gasteiger partial charge is 0.315 e. The summed E-state index contributed by atoms with van der Waals surface area (Å²) in [5.74, 6) is 0. The molecule has 1 aliphatic rings. The second-order valence-electron chi connectivity index (χ2n) is 14.7. The van der Waals surface area contributed by atoms with Gasteiger partial charge < -0.3 is 9.47 Å². The average Bonchev–Trinajstić information content (AvgIpc) is 3.67. The first-order valence-electron chi connectivity index (χ1n) is 18.7. The van der Waals surface area contributed by atoms with Crippen LogP contribution in [0.2, 0.25) is 0 Å². The summed E-state index contributed by atoms with van der Waals surface area (Å²) in [7, 11) is 0. The Morgan fingerprint density at radius 2 is 1.11 bits per heavy atom. The molecular formula is C52H42N2. The smallest absolute Gasteiger partial charge is 0.0547 e. The first kappa shape index (κ1) is 33.2. The van der Waals surface area contributed by atoms with Crippen LogP contribution in [0, 0.1) is 0 Å². The zero-order chi connectivity index (χ0) is 36.8. The fourth-order valence-corrected chi connectivity index (χ4v) is 8.54. The van der Waals surface area contributed by atoms with Crippen LogP contribution in [0.3, 0.4) is 0 Å². The van der Waals surface area contributed by atoms with Gasteiger partial charge in [0, 0.05) is 38.9 Å². The van der Waals surface area contributed by atoms with Crippen molar-refractivity contribution in [2.45, 2.75) is 26.2 Å². The number of hydrogen-bond donors (Lipinski definition) is 0. The zero-order valence-corrected chi connectivity index (χ0v) is 31.0. The van der Waals surface area contributed by atoms with E-state index in [0.717, 1.165) is 22.8 Å².